The lowest BCUT2D eigenvalue weighted by atomic mass is 10.1. The van der Waals surface area contributed by atoms with E-state index < -0.39 is 11.5 Å². The topological polar surface area (TPSA) is 89.9 Å². The summed E-state index contributed by atoms with van der Waals surface area (Å²) in [5.74, 6) is 0.281. The van der Waals surface area contributed by atoms with Crippen molar-refractivity contribution in [3.05, 3.63) is 51.9 Å². The molecule has 1 aromatic carbocycles. The molecule has 0 spiro atoms. The maximum Gasteiger partial charge on any atom is 0.274 e. The Bertz CT molecular complexity index is 977. The van der Waals surface area contributed by atoms with Gasteiger partial charge in [0, 0.05) is 31.9 Å². The molecule has 1 aliphatic rings. The molecule has 29 heavy (non-hydrogen) atoms. The van der Waals surface area contributed by atoms with Crippen LogP contribution in [0.1, 0.15) is 40.0 Å². The molecule has 1 saturated heterocycles. The second-order valence-corrected chi connectivity index (χ2v) is 6.94. The van der Waals surface area contributed by atoms with Crippen LogP contribution in [0.4, 0.5) is 5.69 Å². The van der Waals surface area contributed by atoms with E-state index in [4.69, 9.17) is 9.47 Å². The number of carbonyl (C=O) groups is 2. The molecule has 154 valence electrons. The summed E-state index contributed by atoms with van der Waals surface area (Å²) in [4.78, 5) is 39.7. The van der Waals surface area contributed by atoms with Crippen molar-refractivity contribution < 1.29 is 19.1 Å². The summed E-state index contributed by atoms with van der Waals surface area (Å²) in [7, 11) is 4.54. The van der Waals surface area contributed by atoms with Crippen LogP contribution in [0.5, 0.6) is 11.5 Å². The van der Waals surface area contributed by atoms with Crippen LogP contribution >= 0.6 is 0 Å². The minimum Gasteiger partial charge on any atom is -0.493 e. The first kappa shape index (κ1) is 20.4. The second kappa shape index (κ2) is 8.81. The molecule has 2 heterocycles. The SMILES string of the molecule is COc1ccc(C(=O)Nc2cc(C(=O)N3CCCCC3)cn(C)c2=O)cc1OC. The molecule has 0 saturated carbocycles. The van der Waals surface area contributed by atoms with Crippen LogP contribution in [0, 0.1) is 0 Å². The molecule has 0 radical (unpaired) electrons. The number of piperidine rings is 1. The number of likely N-dealkylation sites (tertiary alicyclic amines) is 1. The number of anilines is 1. The van der Waals surface area contributed by atoms with Crippen molar-refractivity contribution in [1.82, 2.24) is 9.47 Å². The predicted molar refractivity (Wildman–Crippen MR) is 109 cm³/mol. The number of hydrogen-bond donors (Lipinski definition) is 1. The van der Waals surface area contributed by atoms with Gasteiger partial charge in [-0.2, -0.15) is 0 Å². The van der Waals surface area contributed by atoms with Crippen LogP contribution in [-0.4, -0.2) is 48.6 Å². The van der Waals surface area contributed by atoms with Crippen LogP contribution in [0.15, 0.2) is 35.3 Å². The Morgan fingerprint density at radius 2 is 1.66 bits per heavy atom. The summed E-state index contributed by atoms with van der Waals surface area (Å²) in [6, 6.07) is 6.16. The molecular formula is C21H25N3O5. The van der Waals surface area contributed by atoms with E-state index in [1.165, 1.54) is 37.1 Å². The molecular weight excluding hydrogens is 374 g/mol. The highest BCUT2D eigenvalue weighted by Crippen LogP contribution is 2.27. The number of hydrogen-bond acceptors (Lipinski definition) is 5. The highest BCUT2D eigenvalue weighted by molar-refractivity contribution is 6.05. The van der Waals surface area contributed by atoms with E-state index in [1.54, 1.807) is 24.1 Å². The average Bonchev–Trinajstić information content (AvgIpc) is 2.76. The van der Waals surface area contributed by atoms with Gasteiger partial charge in [0.25, 0.3) is 17.4 Å². The van der Waals surface area contributed by atoms with Crippen molar-refractivity contribution in [2.75, 3.05) is 32.6 Å². The van der Waals surface area contributed by atoms with E-state index in [0.717, 1.165) is 19.3 Å². The molecule has 1 aromatic heterocycles. The number of aromatic nitrogens is 1. The molecule has 2 aromatic rings. The fourth-order valence-corrected chi connectivity index (χ4v) is 3.37. The molecule has 1 aliphatic heterocycles. The summed E-state index contributed by atoms with van der Waals surface area (Å²) in [5, 5.41) is 2.61. The maximum atomic E-state index is 12.8. The van der Waals surface area contributed by atoms with Gasteiger partial charge in [0.1, 0.15) is 5.69 Å². The van der Waals surface area contributed by atoms with Gasteiger partial charge >= 0.3 is 0 Å². The molecule has 1 fully saturated rings. The summed E-state index contributed by atoms with van der Waals surface area (Å²) in [5.41, 5.74) is 0.332. The third kappa shape index (κ3) is 4.42. The van der Waals surface area contributed by atoms with Gasteiger partial charge in [-0.05, 0) is 43.5 Å². The number of ether oxygens (including phenoxy) is 2. The van der Waals surface area contributed by atoms with Gasteiger partial charge in [-0.1, -0.05) is 0 Å². The molecule has 8 nitrogen and oxygen atoms in total. The van der Waals surface area contributed by atoms with Crippen molar-refractivity contribution in [3.63, 3.8) is 0 Å². The lowest BCUT2D eigenvalue weighted by Crippen LogP contribution is -2.36. The first-order valence-electron chi connectivity index (χ1n) is 9.48. The zero-order chi connectivity index (χ0) is 21.0. The van der Waals surface area contributed by atoms with Crippen molar-refractivity contribution in [3.8, 4) is 11.5 Å². The van der Waals surface area contributed by atoms with Crippen LogP contribution in [0.25, 0.3) is 0 Å². The highest BCUT2D eigenvalue weighted by Gasteiger charge is 2.21. The van der Waals surface area contributed by atoms with E-state index in [0.29, 0.717) is 35.7 Å². The van der Waals surface area contributed by atoms with Gasteiger partial charge in [-0.3, -0.25) is 14.4 Å². The molecule has 1 N–H and O–H groups in total. The quantitative estimate of drug-likeness (QED) is 0.833. The van der Waals surface area contributed by atoms with Crippen molar-refractivity contribution in [2.24, 2.45) is 7.05 Å². The van der Waals surface area contributed by atoms with E-state index >= 15 is 0 Å². The Balaban J connectivity index is 1.86. The predicted octanol–water partition coefficient (Wildman–Crippen LogP) is 2.28. The smallest absolute Gasteiger partial charge is 0.274 e. The number of aryl methyl sites for hydroxylation is 1. The molecule has 0 unspecified atom stereocenters. The lowest BCUT2D eigenvalue weighted by molar-refractivity contribution is 0.0723. The number of carbonyl (C=O) groups excluding carboxylic acids is 2. The van der Waals surface area contributed by atoms with Crippen LogP contribution in [-0.2, 0) is 7.05 Å². The van der Waals surface area contributed by atoms with Gasteiger partial charge in [0.15, 0.2) is 11.5 Å². The van der Waals surface area contributed by atoms with E-state index in [1.807, 2.05) is 0 Å². The third-order valence-electron chi connectivity index (χ3n) is 4.97. The number of benzene rings is 1. The molecule has 0 atom stereocenters. The van der Waals surface area contributed by atoms with E-state index in [-0.39, 0.29) is 11.6 Å². The normalized spacial score (nSPS) is 13.7. The maximum absolute atomic E-state index is 12.8. The second-order valence-electron chi connectivity index (χ2n) is 6.94. The molecule has 2 amide bonds. The minimum atomic E-state index is -0.481. The van der Waals surface area contributed by atoms with E-state index in [2.05, 4.69) is 5.32 Å². The van der Waals surface area contributed by atoms with Crippen molar-refractivity contribution in [2.45, 2.75) is 19.3 Å². The highest BCUT2D eigenvalue weighted by atomic mass is 16.5. The zero-order valence-electron chi connectivity index (χ0n) is 16.9. The van der Waals surface area contributed by atoms with Gasteiger partial charge in [-0.25, -0.2) is 0 Å². The fraction of sp³-hybridized carbons (Fsp3) is 0.381. The molecule has 3 rings (SSSR count). The zero-order valence-corrected chi connectivity index (χ0v) is 16.9. The third-order valence-corrected chi connectivity index (χ3v) is 4.97. The average molecular weight is 399 g/mol. The molecule has 8 heteroatoms. The monoisotopic (exact) mass is 399 g/mol. The van der Waals surface area contributed by atoms with Crippen LogP contribution in [0.2, 0.25) is 0 Å². The summed E-state index contributed by atoms with van der Waals surface area (Å²) in [6.07, 6.45) is 4.57. The Morgan fingerprint density at radius 1 is 0.966 bits per heavy atom. The first-order chi connectivity index (χ1) is 13.9. The largest absolute Gasteiger partial charge is 0.493 e. The summed E-state index contributed by atoms with van der Waals surface area (Å²) in [6.45, 7) is 1.41. The number of nitrogens with zero attached hydrogens (tertiary/aromatic N) is 2. The van der Waals surface area contributed by atoms with Crippen molar-refractivity contribution in [1.29, 1.82) is 0 Å². The van der Waals surface area contributed by atoms with Gasteiger partial charge in [0.05, 0.1) is 19.8 Å². The standard InChI is InChI=1S/C21H25N3O5/c1-23-13-15(20(26)24-9-5-4-6-10-24)11-16(21(23)27)22-19(25)14-7-8-17(28-2)18(12-14)29-3/h7-8,11-13H,4-6,9-10H2,1-3H3,(H,22,25). The van der Waals surface area contributed by atoms with E-state index in [9.17, 15) is 14.4 Å². The number of rotatable bonds is 5. The van der Waals surface area contributed by atoms with Gasteiger partial charge in [0.2, 0.25) is 0 Å². The lowest BCUT2D eigenvalue weighted by Gasteiger charge is -2.27. The number of amides is 2. The van der Waals surface area contributed by atoms with Crippen LogP contribution in [0.3, 0.4) is 0 Å². The minimum absolute atomic E-state index is 0.0511. The molecule has 0 aliphatic carbocycles. The fourth-order valence-electron chi connectivity index (χ4n) is 3.37. The number of pyridine rings is 1. The summed E-state index contributed by atoms with van der Waals surface area (Å²) >= 11 is 0. The molecule has 0 bridgehead atoms. The first-order valence-corrected chi connectivity index (χ1v) is 9.48. The Kier molecular flexibility index (Phi) is 6.21. The van der Waals surface area contributed by atoms with Crippen LogP contribution < -0.4 is 20.3 Å². The summed E-state index contributed by atoms with van der Waals surface area (Å²) < 4.78 is 11.7. The number of nitrogens with one attached hydrogen (secondary N) is 1. The Labute approximate surface area is 169 Å². The van der Waals surface area contributed by atoms with Gasteiger partial charge < -0.3 is 24.3 Å². The van der Waals surface area contributed by atoms with Crippen molar-refractivity contribution >= 4 is 17.5 Å². The van der Waals surface area contributed by atoms with Gasteiger partial charge in [-0.15, -0.1) is 0 Å². The Morgan fingerprint density at radius 3 is 2.31 bits per heavy atom. The number of methoxy groups -OCH3 is 2. The Hall–Kier alpha value is -3.29.